The number of allylic oxidation sites excluding steroid dienone is 4. The number of rotatable bonds is 5. The molecule has 0 heteroatoms. The second kappa shape index (κ2) is 7.27. The molecule has 1 aliphatic rings. The van der Waals surface area contributed by atoms with E-state index in [4.69, 9.17) is 0 Å². The van der Waals surface area contributed by atoms with E-state index in [1.807, 2.05) is 0 Å². The van der Waals surface area contributed by atoms with Gasteiger partial charge in [0.1, 0.15) is 0 Å². The molecule has 2 aromatic carbocycles. The van der Waals surface area contributed by atoms with Crippen LogP contribution in [0.4, 0.5) is 0 Å². The maximum atomic E-state index is 2.41. The molecule has 0 nitrogen and oxygen atoms in total. The molecule has 0 unspecified atom stereocenters. The number of hydrogen-bond acceptors (Lipinski definition) is 0. The number of fused-ring (bicyclic) bond motifs is 3. The Morgan fingerprint density at radius 3 is 2.27 bits per heavy atom. The molecule has 136 valence electrons. The average Bonchev–Trinajstić information content (AvgIpc) is 2.84. The zero-order valence-corrected chi connectivity index (χ0v) is 17.2. The summed E-state index contributed by atoms with van der Waals surface area (Å²) in [5.41, 5.74) is 11.3. The van der Waals surface area contributed by atoms with Gasteiger partial charge >= 0.3 is 0 Å². The van der Waals surface area contributed by atoms with E-state index in [1.165, 1.54) is 63.8 Å². The number of unbranched alkanes of at least 4 members (excludes halogenated alkanes) is 1. The highest BCUT2D eigenvalue weighted by Crippen LogP contribution is 2.49. The Morgan fingerprint density at radius 1 is 0.923 bits per heavy atom. The highest BCUT2D eigenvalue weighted by molar-refractivity contribution is 5.83. The Balaban J connectivity index is 1.96. The highest BCUT2D eigenvalue weighted by atomic mass is 14.4. The van der Waals surface area contributed by atoms with E-state index in [0.29, 0.717) is 0 Å². The van der Waals surface area contributed by atoms with Crippen molar-refractivity contribution in [1.29, 1.82) is 0 Å². The Bertz CT molecular complexity index is 875. The number of aryl methyl sites for hydroxylation is 1. The van der Waals surface area contributed by atoms with E-state index in [-0.39, 0.29) is 5.41 Å². The Kier molecular flexibility index (Phi) is 5.23. The van der Waals surface area contributed by atoms with Gasteiger partial charge < -0.3 is 0 Å². The second-order valence-electron chi connectivity index (χ2n) is 8.40. The second-order valence-corrected chi connectivity index (χ2v) is 8.40. The van der Waals surface area contributed by atoms with Gasteiger partial charge in [0, 0.05) is 5.41 Å². The van der Waals surface area contributed by atoms with Crippen molar-refractivity contribution >= 4 is 5.57 Å². The molecule has 0 N–H and O–H groups in total. The molecule has 0 fully saturated rings. The fraction of sp³-hybridized carbons (Fsp3) is 0.385. The van der Waals surface area contributed by atoms with Gasteiger partial charge in [0.2, 0.25) is 0 Å². The van der Waals surface area contributed by atoms with Gasteiger partial charge in [-0.2, -0.15) is 0 Å². The predicted octanol–water partition coefficient (Wildman–Crippen LogP) is 7.84. The van der Waals surface area contributed by atoms with Gasteiger partial charge in [0.05, 0.1) is 0 Å². The van der Waals surface area contributed by atoms with Gasteiger partial charge in [-0.3, -0.25) is 0 Å². The van der Waals surface area contributed by atoms with Crippen molar-refractivity contribution in [2.45, 2.75) is 66.2 Å². The highest BCUT2D eigenvalue weighted by Gasteiger charge is 2.35. The molecule has 0 radical (unpaired) electrons. The lowest BCUT2D eigenvalue weighted by atomic mass is 9.81. The molecular weight excluding hydrogens is 312 g/mol. The average molecular weight is 345 g/mol. The topological polar surface area (TPSA) is 0 Å². The van der Waals surface area contributed by atoms with E-state index < -0.39 is 0 Å². The minimum absolute atomic E-state index is 0.0693. The first kappa shape index (κ1) is 18.7. The Hall–Kier alpha value is -2.08. The maximum absolute atomic E-state index is 2.41. The first-order chi connectivity index (χ1) is 12.3. The SMILES string of the molecule is CCCC/C(C)=C\C=C(/C)c1ccc2c(c1)C(C)(C)c1cc(C)ccc1-2. The molecule has 26 heavy (non-hydrogen) atoms. The third-order valence-electron chi connectivity index (χ3n) is 5.83. The van der Waals surface area contributed by atoms with Crippen molar-refractivity contribution in [3.63, 3.8) is 0 Å². The normalized spacial score (nSPS) is 15.8. The molecule has 0 saturated heterocycles. The minimum Gasteiger partial charge on any atom is -0.0733 e. The van der Waals surface area contributed by atoms with Crippen LogP contribution in [0.25, 0.3) is 16.7 Å². The summed E-state index contributed by atoms with van der Waals surface area (Å²) in [6, 6.07) is 13.9. The molecule has 0 amide bonds. The number of hydrogen-bond donors (Lipinski definition) is 0. The van der Waals surface area contributed by atoms with Crippen molar-refractivity contribution in [3.8, 4) is 11.1 Å². The first-order valence-electron chi connectivity index (χ1n) is 9.95. The molecule has 0 aromatic heterocycles. The quantitative estimate of drug-likeness (QED) is 0.485. The molecule has 0 bridgehead atoms. The van der Waals surface area contributed by atoms with Gasteiger partial charge in [-0.05, 0) is 73.1 Å². The van der Waals surface area contributed by atoms with Crippen LogP contribution in [0.5, 0.6) is 0 Å². The largest absolute Gasteiger partial charge is 0.0733 e. The summed E-state index contributed by atoms with van der Waals surface area (Å²) in [6.45, 7) is 13.6. The molecule has 0 saturated carbocycles. The lowest BCUT2D eigenvalue weighted by molar-refractivity contribution is 0.659. The fourth-order valence-corrected chi connectivity index (χ4v) is 4.00. The summed E-state index contributed by atoms with van der Waals surface area (Å²) in [7, 11) is 0. The third-order valence-corrected chi connectivity index (χ3v) is 5.83. The molecule has 2 aromatic rings. The van der Waals surface area contributed by atoms with Crippen LogP contribution in [-0.2, 0) is 5.41 Å². The summed E-state index contributed by atoms with van der Waals surface area (Å²) in [5, 5.41) is 0. The van der Waals surface area contributed by atoms with Crippen LogP contribution in [0, 0.1) is 6.92 Å². The summed E-state index contributed by atoms with van der Waals surface area (Å²) in [5.74, 6) is 0. The lowest BCUT2D eigenvalue weighted by Gasteiger charge is -2.22. The molecule has 0 heterocycles. The van der Waals surface area contributed by atoms with Crippen molar-refractivity contribution in [2.24, 2.45) is 0 Å². The fourth-order valence-electron chi connectivity index (χ4n) is 4.00. The first-order valence-corrected chi connectivity index (χ1v) is 9.95. The van der Waals surface area contributed by atoms with Gasteiger partial charge in [-0.1, -0.05) is 80.8 Å². The lowest BCUT2D eigenvalue weighted by Crippen LogP contribution is -2.15. The van der Waals surface area contributed by atoms with Gasteiger partial charge in [0.25, 0.3) is 0 Å². The Labute approximate surface area is 159 Å². The maximum Gasteiger partial charge on any atom is 0.0159 e. The van der Waals surface area contributed by atoms with E-state index in [1.54, 1.807) is 0 Å². The van der Waals surface area contributed by atoms with Crippen molar-refractivity contribution < 1.29 is 0 Å². The van der Waals surface area contributed by atoms with Crippen LogP contribution in [0.2, 0.25) is 0 Å². The Morgan fingerprint density at radius 2 is 1.58 bits per heavy atom. The van der Waals surface area contributed by atoms with E-state index in [0.717, 1.165) is 0 Å². The molecule has 3 rings (SSSR count). The van der Waals surface area contributed by atoms with Crippen LogP contribution in [0.15, 0.2) is 54.1 Å². The van der Waals surface area contributed by atoms with Crippen LogP contribution >= 0.6 is 0 Å². The van der Waals surface area contributed by atoms with Gasteiger partial charge in [0.15, 0.2) is 0 Å². The zero-order chi connectivity index (χ0) is 18.9. The minimum atomic E-state index is 0.0693. The van der Waals surface area contributed by atoms with E-state index >= 15 is 0 Å². The van der Waals surface area contributed by atoms with Gasteiger partial charge in [-0.25, -0.2) is 0 Å². The molecular formula is C26H32. The standard InChI is InChI=1S/C26H32/c1-7-8-9-18(2)10-12-20(4)21-13-15-23-22-14-11-19(3)16-24(22)26(5,6)25(23)17-21/h10-17H,7-9H2,1-6H3/b18-10-,20-12+. The van der Waals surface area contributed by atoms with Gasteiger partial charge in [-0.15, -0.1) is 0 Å². The van der Waals surface area contributed by atoms with Crippen LogP contribution in [0.3, 0.4) is 0 Å². The summed E-state index contributed by atoms with van der Waals surface area (Å²) in [6.07, 6.45) is 8.31. The third kappa shape index (κ3) is 3.43. The molecule has 0 aliphatic heterocycles. The smallest absolute Gasteiger partial charge is 0.0159 e. The van der Waals surface area contributed by atoms with Crippen molar-refractivity contribution in [3.05, 3.63) is 76.4 Å². The molecule has 0 atom stereocenters. The molecule has 1 aliphatic carbocycles. The monoisotopic (exact) mass is 344 g/mol. The van der Waals surface area contributed by atoms with Crippen molar-refractivity contribution in [2.75, 3.05) is 0 Å². The van der Waals surface area contributed by atoms with Crippen LogP contribution in [-0.4, -0.2) is 0 Å². The van der Waals surface area contributed by atoms with Crippen LogP contribution < -0.4 is 0 Å². The van der Waals surface area contributed by atoms with Crippen molar-refractivity contribution in [1.82, 2.24) is 0 Å². The summed E-state index contributed by atoms with van der Waals surface area (Å²) < 4.78 is 0. The number of benzene rings is 2. The van der Waals surface area contributed by atoms with E-state index in [9.17, 15) is 0 Å². The summed E-state index contributed by atoms with van der Waals surface area (Å²) in [4.78, 5) is 0. The van der Waals surface area contributed by atoms with Crippen LogP contribution in [0.1, 0.15) is 76.1 Å². The zero-order valence-electron chi connectivity index (χ0n) is 17.2. The summed E-state index contributed by atoms with van der Waals surface area (Å²) >= 11 is 0. The molecule has 0 spiro atoms. The predicted molar refractivity (Wildman–Crippen MR) is 116 cm³/mol. The van der Waals surface area contributed by atoms with E-state index in [2.05, 4.69) is 90.1 Å².